The Morgan fingerprint density at radius 1 is 1.12 bits per heavy atom. The van der Waals surface area contributed by atoms with E-state index in [0.29, 0.717) is 0 Å². The number of halogens is 1. The van der Waals surface area contributed by atoms with Gasteiger partial charge in [0, 0.05) is 26.2 Å². The molecule has 26 heavy (non-hydrogen) atoms. The molecule has 1 aromatic heterocycles. The number of carboxylic acids is 1. The van der Waals surface area contributed by atoms with Gasteiger partial charge < -0.3 is 9.67 Å². The molecule has 0 aliphatic rings. The molecule has 1 heterocycles. The van der Waals surface area contributed by atoms with Gasteiger partial charge in [0.15, 0.2) is 0 Å². The van der Waals surface area contributed by atoms with Gasteiger partial charge in [-0.1, -0.05) is 0 Å². The summed E-state index contributed by atoms with van der Waals surface area (Å²) in [7, 11) is 0. The molecular formula is C20H18IN3O2. The summed E-state index contributed by atoms with van der Waals surface area (Å²) in [6.45, 7) is 4.03. The van der Waals surface area contributed by atoms with Gasteiger partial charge in [-0.2, -0.15) is 5.10 Å². The molecule has 0 aliphatic heterocycles. The summed E-state index contributed by atoms with van der Waals surface area (Å²) >= 11 is 2.26. The maximum absolute atomic E-state index is 11.0. The first-order chi connectivity index (χ1) is 12.5. The SMILES string of the molecule is Cc1cc(/C=N\Nc2ccc(I)cc2)c(C)n1-c1ccc(C(=O)O)cc1. The zero-order chi connectivity index (χ0) is 18.7. The second-order valence-electron chi connectivity index (χ2n) is 5.89. The molecular weight excluding hydrogens is 441 g/mol. The number of hydrogen-bond acceptors (Lipinski definition) is 3. The molecule has 2 N–H and O–H groups in total. The highest BCUT2D eigenvalue weighted by Gasteiger charge is 2.10. The second kappa shape index (κ2) is 7.74. The van der Waals surface area contributed by atoms with E-state index in [0.717, 1.165) is 28.3 Å². The lowest BCUT2D eigenvalue weighted by Gasteiger charge is -2.09. The van der Waals surface area contributed by atoms with Crippen LogP contribution >= 0.6 is 22.6 Å². The van der Waals surface area contributed by atoms with Crippen LogP contribution in [-0.2, 0) is 0 Å². The van der Waals surface area contributed by atoms with Crippen LogP contribution in [0.5, 0.6) is 0 Å². The fraction of sp³-hybridized carbons (Fsp3) is 0.100. The fourth-order valence-electron chi connectivity index (χ4n) is 2.77. The number of benzene rings is 2. The van der Waals surface area contributed by atoms with E-state index in [1.54, 1.807) is 18.3 Å². The fourth-order valence-corrected chi connectivity index (χ4v) is 3.13. The van der Waals surface area contributed by atoms with E-state index in [9.17, 15) is 4.79 Å². The Morgan fingerprint density at radius 2 is 1.77 bits per heavy atom. The van der Waals surface area contributed by atoms with Gasteiger partial charge in [-0.25, -0.2) is 4.79 Å². The van der Waals surface area contributed by atoms with Crippen LogP contribution in [-0.4, -0.2) is 21.9 Å². The van der Waals surface area contributed by atoms with Crippen molar-refractivity contribution in [1.29, 1.82) is 0 Å². The van der Waals surface area contributed by atoms with Crippen LogP contribution in [0.4, 0.5) is 5.69 Å². The average Bonchev–Trinajstić information content (AvgIpc) is 2.90. The van der Waals surface area contributed by atoms with Crippen molar-refractivity contribution in [3.05, 3.63) is 80.7 Å². The largest absolute Gasteiger partial charge is 0.478 e. The van der Waals surface area contributed by atoms with Gasteiger partial charge >= 0.3 is 5.97 Å². The molecule has 0 spiro atoms. The van der Waals surface area contributed by atoms with Crippen molar-refractivity contribution in [1.82, 2.24) is 4.57 Å². The van der Waals surface area contributed by atoms with Crippen molar-refractivity contribution in [2.75, 3.05) is 5.43 Å². The van der Waals surface area contributed by atoms with E-state index in [-0.39, 0.29) is 5.56 Å². The molecule has 5 nitrogen and oxygen atoms in total. The van der Waals surface area contributed by atoms with Crippen LogP contribution in [0.3, 0.4) is 0 Å². The Hall–Kier alpha value is -2.61. The Balaban J connectivity index is 1.82. The molecule has 0 atom stereocenters. The van der Waals surface area contributed by atoms with Crippen molar-refractivity contribution < 1.29 is 9.90 Å². The monoisotopic (exact) mass is 459 g/mol. The van der Waals surface area contributed by atoms with Crippen LogP contribution in [0.15, 0.2) is 59.7 Å². The number of nitrogens with one attached hydrogen (secondary N) is 1. The zero-order valence-electron chi connectivity index (χ0n) is 14.4. The first-order valence-corrected chi connectivity index (χ1v) is 9.11. The molecule has 3 aromatic rings. The van der Waals surface area contributed by atoms with E-state index < -0.39 is 5.97 Å². The van der Waals surface area contributed by atoms with E-state index in [1.165, 1.54) is 3.57 Å². The minimum Gasteiger partial charge on any atom is -0.478 e. The smallest absolute Gasteiger partial charge is 0.335 e. The van der Waals surface area contributed by atoms with Crippen LogP contribution in [0.25, 0.3) is 5.69 Å². The van der Waals surface area contributed by atoms with E-state index in [1.807, 2.05) is 50.2 Å². The lowest BCUT2D eigenvalue weighted by molar-refractivity contribution is 0.0697. The van der Waals surface area contributed by atoms with Crippen LogP contribution < -0.4 is 5.43 Å². The summed E-state index contributed by atoms with van der Waals surface area (Å²) in [5, 5.41) is 13.4. The van der Waals surface area contributed by atoms with Crippen LogP contribution in [0.1, 0.15) is 27.3 Å². The Kier molecular flexibility index (Phi) is 5.41. The molecule has 0 unspecified atom stereocenters. The number of carboxylic acid groups (broad SMARTS) is 1. The molecule has 0 amide bonds. The number of aromatic nitrogens is 1. The second-order valence-corrected chi connectivity index (χ2v) is 7.14. The minimum atomic E-state index is -0.924. The molecule has 0 fully saturated rings. The number of aromatic carboxylic acids is 1. The van der Waals surface area contributed by atoms with Gasteiger partial charge in [-0.3, -0.25) is 5.43 Å². The third-order valence-electron chi connectivity index (χ3n) is 4.08. The Bertz CT molecular complexity index is 958. The van der Waals surface area contributed by atoms with Gasteiger partial charge in [0.05, 0.1) is 17.5 Å². The third-order valence-corrected chi connectivity index (χ3v) is 4.80. The number of aryl methyl sites for hydroxylation is 1. The normalized spacial score (nSPS) is 11.0. The molecule has 0 aliphatic carbocycles. The number of hydrogen-bond donors (Lipinski definition) is 2. The summed E-state index contributed by atoms with van der Waals surface area (Å²) in [5.74, 6) is -0.924. The summed E-state index contributed by atoms with van der Waals surface area (Å²) in [4.78, 5) is 11.0. The van der Waals surface area contributed by atoms with Crippen molar-refractivity contribution in [3.8, 4) is 5.69 Å². The number of rotatable bonds is 5. The molecule has 0 bridgehead atoms. The number of nitrogens with zero attached hydrogens (tertiary/aromatic N) is 2. The molecule has 0 saturated carbocycles. The quantitative estimate of drug-likeness (QED) is 0.326. The number of carbonyl (C=O) groups is 1. The van der Waals surface area contributed by atoms with Crippen molar-refractivity contribution >= 4 is 40.5 Å². The van der Waals surface area contributed by atoms with E-state index in [4.69, 9.17) is 5.11 Å². The highest BCUT2D eigenvalue weighted by molar-refractivity contribution is 14.1. The van der Waals surface area contributed by atoms with Gasteiger partial charge in [-0.05, 0) is 91.0 Å². The van der Waals surface area contributed by atoms with Gasteiger partial charge in [0.25, 0.3) is 0 Å². The lowest BCUT2D eigenvalue weighted by atomic mass is 10.2. The van der Waals surface area contributed by atoms with Gasteiger partial charge in [0.2, 0.25) is 0 Å². The standard InChI is InChI=1S/C20H18IN3O2/c1-13-11-16(12-22-23-18-7-5-17(21)6-8-18)14(2)24(13)19-9-3-15(4-10-19)20(25)26/h3-12,23H,1-2H3,(H,25,26)/b22-12-. The van der Waals surface area contributed by atoms with Gasteiger partial charge in [0.1, 0.15) is 0 Å². The zero-order valence-corrected chi connectivity index (χ0v) is 16.6. The van der Waals surface area contributed by atoms with Crippen LogP contribution in [0, 0.1) is 17.4 Å². The Morgan fingerprint density at radius 3 is 2.38 bits per heavy atom. The third kappa shape index (κ3) is 3.96. The highest BCUT2D eigenvalue weighted by atomic mass is 127. The summed E-state index contributed by atoms with van der Waals surface area (Å²) < 4.78 is 3.26. The predicted octanol–water partition coefficient (Wildman–Crippen LogP) is 4.84. The first-order valence-electron chi connectivity index (χ1n) is 8.03. The van der Waals surface area contributed by atoms with E-state index >= 15 is 0 Å². The highest BCUT2D eigenvalue weighted by Crippen LogP contribution is 2.20. The Labute approximate surface area is 165 Å². The summed E-state index contributed by atoms with van der Waals surface area (Å²) in [5.41, 5.74) is 8.26. The van der Waals surface area contributed by atoms with Crippen molar-refractivity contribution in [3.63, 3.8) is 0 Å². The van der Waals surface area contributed by atoms with Crippen LogP contribution in [0.2, 0.25) is 0 Å². The molecule has 0 radical (unpaired) electrons. The predicted molar refractivity (Wildman–Crippen MR) is 113 cm³/mol. The average molecular weight is 459 g/mol. The number of hydrazone groups is 1. The minimum absolute atomic E-state index is 0.278. The lowest BCUT2D eigenvalue weighted by Crippen LogP contribution is -2.01. The number of anilines is 1. The molecule has 6 heteroatoms. The first kappa shape index (κ1) is 18.2. The summed E-state index contributed by atoms with van der Waals surface area (Å²) in [6, 6.07) is 16.9. The topological polar surface area (TPSA) is 66.6 Å². The molecule has 0 saturated heterocycles. The summed E-state index contributed by atoms with van der Waals surface area (Å²) in [6.07, 6.45) is 1.79. The van der Waals surface area contributed by atoms with Crippen molar-refractivity contribution in [2.24, 2.45) is 5.10 Å². The van der Waals surface area contributed by atoms with Crippen molar-refractivity contribution in [2.45, 2.75) is 13.8 Å². The van der Waals surface area contributed by atoms with E-state index in [2.05, 4.69) is 43.8 Å². The maximum atomic E-state index is 11.0. The maximum Gasteiger partial charge on any atom is 0.335 e. The van der Waals surface area contributed by atoms with Gasteiger partial charge in [-0.15, -0.1) is 0 Å². The molecule has 3 rings (SSSR count). The molecule has 2 aromatic carbocycles. The molecule has 132 valence electrons.